The van der Waals surface area contributed by atoms with Crippen LogP contribution < -0.4 is 0 Å². The summed E-state index contributed by atoms with van der Waals surface area (Å²) in [5.74, 6) is 0. The summed E-state index contributed by atoms with van der Waals surface area (Å²) in [7, 11) is 0. The van der Waals surface area contributed by atoms with Crippen LogP contribution in [-0.4, -0.2) is 10.9 Å². The van der Waals surface area contributed by atoms with Gasteiger partial charge in [0.2, 0.25) is 0 Å². The first-order valence-corrected chi connectivity index (χ1v) is 8.00. The van der Waals surface area contributed by atoms with E-state index >= 15 is 0 Å². The Bertz CT molecular complexity index is 411. The fraction of sp³-hybridized carbons (Fsp3) is 0.600. The highest BCUT2D eigenvalue weighted by atomic mass is 79.9. The van der Waals surface area contributed by atoms with Crippen LogP contribution in [0.5, 0.6) is 0 Å². The van der Waals surface area contributed by atoms with Crippen LogP contribution in [0, 0.1) is 5.41 Å². The van der Waals surface area contributed by atoms with Crippen LogP contribution in [0.4, 0.5) is 0 Å². The van der Waals surface area contributed by atoms with E-state index in [4.69, 9.17) is 16.3 Å². The van der Waals surface area contributed by atoms with Gasteiger partial charge >= 0.3 is 0 Å². The van der Waals surface area contributed by atoms with Crippen LogP contribution in [-0.2, 0) is 11.3 Å². The predicted molar refractivity (Wildman–Crippen MR) is 78.3 cm³/mol. The van der Waals surface area contributed by atoms with Gasteiger partial charge in [0.05, 0.1) is 12.7 Å². The highest BCUT2D eigenvalue weighted by Gasteiger charge is 2.55. The molecule has 1 aromatic carbocycles. The molecule has 2 fully saturated rings. The van der Waals surface area contributed by atoms with Gasteiger partial charge in [0.1, 0.15) is 0 Å². The van der Waals surface area contributed by atoms with Crippen LogP contribution in [0.3, 0.4) is 0 Å². The van der Waals surface area contributed by atoms with E-state index in [9.17, 15) is 0 Å². The third kappa shape index (κ3) is 2.23. The summed E-state index contributed by atoms with van der Waals surface area (Å²) in [5, 5.41) is 0.787. The molecule has 3 rings (SSSR count). The SMILES string of the molecule is Clc1ccc(COC2CC(Br)C23CCCC3)cc1. The lowest BCUT2D eigenvalue weighted by atomic mass is 9.64. The molecule has 1 nitrogen and oxygen atoms in total. The summed E-state index contributed by atoms with van der Waals surface area (Å²) in [4.78, 5) is 0.669. The van der Waals surface area contributed by atoms with Gasteiger partial charge in [-0.2, -0.15) is 0 Å². The molecule has 3 heteroatoms. The van der Waals surface area contributed by atoms with Crippen molar-refractivity contribution >= 4 is 27.5 Å². The van der Waals surface area contributed by atoms with E-state index in [2.05, 4.69) is 15.9 Å². The molecule has 2 atom stereocenters. The topological polar surface area (TPSA) is 9.23 Å². The van der Waals surface area contributed by atoms with E-state index in [0.717, 1.165) is 11.4 Å². The van der Waals surface area contributed by atoms with E-state index in [1.807, 2.05) is 24.3 Å². The summed E-state index contributed by atoms with van der Waals surface area (Å²) in [6.07, 6.45) is 6.99. The zero-order valence-electron chi connectivity index (χ0n) is 10.4. The number of hydrogen-bond donors (Lipinski definition) is 0. The van der Waals surface area contributed by atoms with E-state index in [1.165, 1.54) is 31.2 Å². The van der Waals surface area contributed by atoms with E-state index < -0.39 is 0 Å². The number of rotatable bonds is 3. The average molecular weight is 330 g/mol. The highest BCUT2D eigenvalue weighted by Crippen LogP contribution is 2.57. The minimum Gasteiger partial charge on any atom is -0.373 e. The maximum Gasteiger partial charge on any atom is 0.0720 e. The Kier molecular flexibility index (Phi) is 3.70. The summed E-state index contributed by atoms with van der Waals surface area (Å²) < 4.78 is 6.14. The van der Waals surface area contributed by atoms with Gasteiger partial charge in [0.15, 0.2) is 0 Å². The van der Waals surface area contributed by atoms with Crippen LogP contribution in [0.25, 0.3) is 0 Å². The van der Waals surface area contributed by atoms with Gasteiger partial charge in [-0.3, -0.25) is 0 Å². The molecule has 98 valence electrons. The quantitative estimate of drug-likeness (QED) is 0.713. The Morgan fingerprint density at radius 2 is 1.89 bits per heavy atom. The fourth-order valence-corrected chi connectivity index (χ4v) is 4.60. The second-order valence-electron chi connectivity index (χ2n) is 5.57. The number of hydrogen-bond acceptors (Lipinski definition) is 1. The van der Waals surface area contributed by atoms with E-state index in [1.54, 1.807) is 0 Å². The first kappa shape index (κ1) is 13.0. The molecule has 2 aliphatic carbocycles. The molecule has 18 heavy (non-hydrogen) atoms. The zero-order chi connectivity index (χ0) is 12.6. The monoisotopic (exact) mass is 328 g/mol. The Hall–Kier alpha value is -0.0500. The van der Waals surface area contributed by atoms with E-state index in [0.29, 0.717) is 23.0 Å². The normalized spacial score (nSPS) is 29.4. The Labute approximate surface area is 122 Å². The summed E-state index contributed by atoms with van der Waals surface area (Å²) >= 11 is 9.71. The summed E-state index contributed by atoms with van der Waals surface area (Å²) in [5.41, 5.74) is 1.65. The molecular formula is C15H18BrClO. The van der Waals surface area contributed by atoms with Crippen molar-refractivity contribution in [3.05, 3.63) is 34.9 Å². The minimum atomic E-state index is 0.437. The molecule has 0 aromatic heterocycles. The van der Waals surface area contributed by atoms with Gasteiger partial charge in [-0.05, 0) is 37.0 Å². The van der Waals surface area contributed by atoms with Crippen LogP contribution in [0.1, 0.15) is 37.7 Å². The molecule has 1 aromatic rings. The van der Waals surface area contributed by atoms with Gasteiger partial charge in [-0.25, -0.2) is 0 Å². The van der Waals surface area contributed by atoms with Crippen molar-refractivity contribution in [1.82, 2.24) is 0 Å². The Balaban J connectivity index is 1.59. The molecule has 2 aliphatic rings. The maximum absolute atomic E-state index is 6.14. The molecule has 0 N–H and O–H groups in total. The molecule has 2 saturated carbocycles. The Morgan fingerprint density at radius 1 is 1.22 bits per heavy atom. The maximum atomic E-state index is 6.14. The second-order valence-corrected chi connectivity index (χ2v) is 7.11. The lowest BCUT2D eigenvalue weighted by Crippen LogP contribution is -2.53. The first-order valence-electron chi connectivity index (χ1n) is 6.71. The fourth-order valence-electron chi connectivity index (χ4n) is 3.38. The van der Waals surface area contributed by atoms with E-state index in [-0.39, 0.29) is 0 Å². The van der Waals surface area contributed by atoms with Crippen molar-refractivity contribution in [3.8, 4) is 0 Å². The Morgan fingerprint density at radius 3 is 2.50 bits per heavy atom. The van der Waals surface area contributed by atoms with Crippen molar-refractivity contribution in [3.63, 3.8) is 0 Å². The molecule has 0 aliphatic heterocycles. The van der Waals surface area contributed by atoms with Crippen molar-refractivity contribution in [2.75, 3.05) is 0 Å². The standard InChI is InChI=1S/C15H18BrClO/c16-13-9-14(15(13)7-1-2-8-15)18-10-11-3-5-12(17)6-4-11/h3-6,13-14H,1-2,7-10H2. The van der Waals surface area contributed by atoms with Crippen LogP contribution in [0.15, 0.2) is 24.3 Å². The molecule has 0 bridgehead atoms. The molecule has 1 spiro atoms. The number of ether oxygens (including phenoxy) is 1. The molecule has 0 amide bonds. The van der Waals surface area contributed by atoms with Gasteiger partial charge in [-0.1, -0.05) is 52.5 Å². The predicted octanol–water partition coefficient (Wildman–Crippen LogP) is 4.95. The van der Waals surface area contributed by atoms with Crippen molar-refractivity contribution in [2.24, 2.45) is 5.41 Å². The minimum absolute atomic E-state index is 0.437. The number of benzene rings is 1. The number of halogens is 2. The first-order chi connectivity index (χ1) is 8.71. The third-order valence-corrected chi connectivity index (χ3v) is 6.12. The third-order valence-electron chi connectivity index (χ3n) is 4.58. The lowest BCUT2D eigenvalue weighted by Gasteiger charge is -2.51. The lowest BCUT2D eigenvalue weighted by molar-refractivity contribution is -0.108. The van der Waals surface area contributed by atoms with Crippen molar-refractivity contribution in [2.45, 2.75) is 49.6 Å². The molecular weight excluding hydrogens is 312 g/mol. The molecule has 2 unspecified atom stereocenters. The molecule has 0 saturated heterocycles. The highest BCUT2D eigenvalue weighted by molar-refractivity contribution is 9.09. The van der Waals surface area contributed by atoms with Gasteiger partial charge in [0, 0.05) is 15.3 Å². The second kappa shape index (κ2) is 5.15. The summed E-state index contributed by atoms with van der Waals surface area (Å²) in [6, 6.07) is 7.96. The van der Waals surface area contributed by atoms with Gasteiger partial charge in [0.25, 0.3) is 0 Å². The average Bonchev–Trinajstić information content (AvgIpc) is 2.88. The molecule has 0 heterocycles. The van der Waals surface area contributed by atoms with Crippen LogP contribution in [0.2, 0.25) is 5.02 Å². The zero-order valence-corrected chi connectivity index (χ0v) is 12.7. The van der Waals surface area contributed by atoms with Crippen LogP contribution >= 0.6 is 27.5 Å². The summed E-state index contributed by atoms with van der Waals surface area (Å²) in [6.45, 7) is 0.712. The van der Waals surface area contributed by atoms with Gasteiger partial charge < -0.3 is 4.74 Å². The van der Waals surface area contributed by atoms with Crippen molar-refractivity contribution in [1.29, 1.82) is 0 Å². The number of alkyl halides is 1. The smallest absolute Gasteiger partial charge is 0.0720 e. The van der Waals surface area contributed by atoms with Crippen molar-refractivity contribution < 1.29 is 4.74 Å². The largest absolute Gasteiger partial charge is 0.373 e. The van der Waals surface area contributed by atoms with Gasteiger partial charge in [-0.15, -0.1) is 0 Å². The molecule has 0 radical (unpaired) electrons.